The summed E-state index contributed by atoms with van der Waals surface area (Å²) in [5.74, 6) is -0.248. The van der Waals surface area contributed by atoms with E-state index in [9.17, 15) is 9.59 Å². The molecule has 1 fully saturated rings. The van der Waals surface area contributed by atoms with E-state index in [4.69, 9.17) is 9.84 Å². The van der Waals surface area contributed by atoms with Gasteiger partial charge in [0.05, 0.1) is 12.1 Å². The van der Waals surface area contributed by atoms with Crippen molar-refractivity contribution in [2.45, 2.75) is 25.9 Å². The third kappa shape index (κ3) is 3.47. The van der Waals surface area contributed by atoms with Gasteiger partial charge in [0, 0.05) is 13.5 Å². The molecule has 5 nitrogen and oxygen atoms in total. The molecule has 1 aromatic rings. The number of aromatic carboxylic acids is 1. The van der Waals surface area contributed by atoms with Crippen molar-refractivity contribution in [2.75, 3.05) is 13.1 Å². The highest BCUT2D eigenvalue weighted by Gasteiger charge is 2.22. The Labute approximate surface area is 111 Å². The fourth-order valence-electron chi connectivity index (χ4n) is 2.19. The van der Waals surface area contributed by atoms with Crippen LogP contribution in [-0.4, -0.2) is 41.1 Å². The molecule has 0 saturated carbocycles. The van der Waals surface area contributed by atoms with Crippen LogP contribution >= 0.6 is 0 Å². The number of amides is 1. The van der Waals surface area contributed by atoms with Gasteiger partial charge in [0.2, 0.25) is 5.91 Å². The quantitative estimate of drug-likeness (QED) is 0.902. The maximum atomic E-state index is 11.3. The van der Waals surface area contributed by atoms with Crippen molar-refractivity contribution in [3.63, 3.8) is 0 Å². The minimum absolute atomic E-state index is 0.0201. The zero-order valence-corrected chi connectivity index (χ0v) is 10.8. The zero-order chi connectivity index (χ0) is 13.8. The van der Waals surface area contributed by atoms with Crippen molar-refractivity contribution in [1.82, 2.24) is 4.90 Å². The summed E-state index contributed by atoms with van der Waals surface area (Å²) >= 11 is 0. The molecule has 1 unspecified atom stereocenters. The van der Waals surface area contributed by atoms with Crippen molar-refractivity contribution >= 4 is 11.9 Å². The van der Waals surface area contributed by atoms with Gasteiger partial charge in [-0.1, -0.05) is 0 Å². The van der Waals surface area contributed by atoms with E-state index in [1.165, 1.54) is 12.1 Å². The summed E-state index contributed by atoms with van der Waals surface area (Å²) in [6.45, 7) is 2.94. The van der Waals surface area contributed by atoms with E-state index >= 15 is 0 Å². The lowest BCUT2D eigenvalue weighted by atomic mass is 10.1. The Bertz CT molecular complexity index is 469. The molecule has 0 aromatic heterocycles. The van der Waals surface area contributed by atoms with Crippen LogP contribution in [0.3, 0.4) is 0 Å². The standard InChI is InChI=1S/C14H17NO4/c1-10(16)15-8-2-3-13(9-15)19-12-6-4-11(5-7-12)14(17)18/h4-7,13H,2-3,8-9H2,1H3,(H,17,18). The molecule has 1 aliphatic rings. The number of piperidine rings is 1. The number of ether oxygens (including phenoxy) is 1. The summed E-state index contributed by atoms with van der Waals surface area (Å²) in [6.07, 6.45) is 1.82. The summed E-state index contributed by atoms with van der Waals surface area (Å²) in [4.78, 5) is 23.8. The van der Waals surface area contributed by atoms with E-state index in [0.29, 0.717) is 12.3 Å². The largest absolute Gasteiger partial charge is 0.489 e. The van der Waals surface area contributed by atoms with Crippen LogP contribution in [0.1, 0.15) is 30.1 Å². The molecule has 1 aliphatic heterocycles. The van der Waals surface area contributed by atoms with E-state index in [-0.39, 0.29) is 17.6 Å². The minimum atomic E-state index is -0.952. The number of likely N-dealkylation sites (tertiary alicyclic amines) is 1. The van der Waals surface area contributed by atoms with Crippen molar-refractivity contribution in [2.24, 2.45) is 0 Å². The van der Waals surface area contributed by atoms with Gasteiger partial charge in [0.25, 0.3) is 0 Å². The fraction of sp³-hybridized carbons (Fsp3) is 0.429. The number of hydrogen-bond donors (Lipinski definition) is 1. The lowest BCUT2D eigenvalue weighted by Crippen LogP contribution is -2.43. The van der Waals surface area contributed by atoms with Crippen molar-refractivity contribution in [1.29, 1.82) is 0 Å². The molecule has 0 aliphatic carbocycles. The predicted molar refractivity (Wildman–Crippen MR) is 69.3 cm³/mol. The summed E-state index contributed by atoms with van der Waals surface area (Å²) in [6, 6.07) is 6.33. The van der Waals surface area contributed by atoms with Crippen LogP contribution in [0.25, 0.3) is 0 Å². The Balaban J connectivity index is 1.96. The SMILES string of the molecule is CC(=O)N1CCCC(Oc2ccc(C(=O)O)cc2)C1. The normalized spacial score (nSPS) is 19.0. The number of carbonyl (C=O) groups is 2. The number of benzene rings is 1. The Morgan fingerprint density at radius 2 is 2.00 bits per heavy atom. The highest BCUT2D eigenvalue weighted by molar-refractivity contribution is 5.87. The second-order valence-electron chi connectivity index (χ2n) is 4.68. The number of carboxylic acids is 1. The van der Waals surface area contributed by atoms with Crippen molar-refractivity contribution < 1.29 is 19.4 Å². The van der Waals surface area contributed by atoms with Gasteiger partial charge in [-0.2, -0.15) is 0 Å². The first-order chi connectivity index (χ1) is 9.06. The van der Waals surface area contributed by atoms with Gasteiger partial charge >= 0.3 is 5.97 Å². The van der Waals surface area contributed by atoms with Crippen LogP contribution in [0, 0.1) is 0 Å². The molecule has 1 aromatic carbocycles. The van der Waals surface area contributed by atoms with Gasteiger partial charge in [0.15, 0.2) is 0 Å². The number of carboxylic acid groups (broad SMARTS) is 1. The minimum Gasteiger partial charge on any atom is -0.489 e. The second-order valence-corrected chi connectivity index (χ2v) is 4.68. The van der Waals surface area contributed by atoms with Crippen LogP contribution in [0.5, 0.6) is 5.75 Å². The van der Waals surface area contributed by atoms with Gasteiger partial charge in [-0.3, -0.25) is 4.79 Å². The monoisotopic (exact) mass is 263 g/mol. The molecule has 0 spiro atoms. The zero-order valence-electron chi connectivity index (χ0n) is 10.8. The smallest absolute Gasteiger partial charge is 0.335 e. The van der Waals surface area contributed by atoms with E-state index in [1.54, 1.807) is 24.0 Å². The first-order valence-electron chi connectivity index (χ1n) is 6.32. The van der Waals surface area contributed by atoms with Gasteiger partial charge in [-0.05, 0) is 37.1 Å². The highest BCUT2D eigenvalue weighted by atomic mass is 16.5. The first kappa shape index (κ1) is 13.4. The average Bonchev–Trinajstić information content (AvgIpc) is 2.39. The molecule has 1 amide bonds. The Hall–Kier alpha value is -2.04. The van der Waals surface area contributed by atoms with Crippen molar-refractivity contribution in [3.05, 3.63) is 29.8 Å². The number of hydrogen-bond acceptors (Lipinski definition) is 3. The number of carbonyl (C=O) groups excluding carboxylic acids is 1. The molecular formula is C14H17NO4. The van der Waals surface area contributed by atoms with Crippen LogP contribution < -0.4 is 4.74 Å². The van der Waals surface area contributed by atoms with E-state index in [0.717, 1.165) is 19.4 Å². The Kier molecular flexibility index (Phi) is 4.04. The number of nitrogens with zero attached hydrogens (tertiary/aromatic N) is 1. The van der Waals surface area contributed by atoms with Crippen LogP contribution in [-0.2, 0) is 4.79 Å². The molecule has 1 N–H and O–H groups in total. The molecule has 102 valence electrons. The molecule has 0 radical (unpaired) electrons. The lowest BCUT2D eigenvalue weighted by molar-refractivity contribution is -0.131. The molecule has 5 heteroatoms. The topological polar surface area (TPSA) is 66.8 Å². The van der Waals surface area contributed by atoms with Gasteiger partial charge in [0.1, 0.15) is 11.9 Å². The first-order valence-corrected chi connectivity index (χ1v) is 6.32. The van der Waals surface area contributed by atoms with Gasteiger partial charge < -0.3 is 14.7 Å². The average molecular weight is 263 g/mol. The Morgan fingerprint density at radius 3 is 2.58 bits per heavy atom. The molecule has 1 heterocycles. The van der Waals surface area contributed by atoms with Crippen LogP contribution in [0.2, 0.25) is 0 Å². The van der Waals surface area contributed by atoms with Crippen LogP contribution in [0.4, 0.5) is 0 Å². The molecule has 1 saturated heterocycles. The third-order valence-corrected chi connectivity index (χ3v) is 3.23. The molecule has 0 bridgehead atoms. The Morgan fingerprint density at radius 1 is 1.32 bits per heavy atom. The second kappa shape index (κ2) is 5.73. The van der Waals surface area contributed by atoms with Crippen LogP contribution in [0.15, 0.2) is 24.3 Å². The summed E-state index contributed by atoms with van der Waals surface area (Å²) < 4.78 is 5.78. The van der Waals surface area contributed by atoms with Gasteiger partial charge in [-0.15, -0.1) is 0 Å². The predicted octanol–water partition coefficient (Wildman–Crippen LogP) is 1.77. The maximum absolute atomic E-state index is 11.3. The molecule has 19 heavy (non-hydrogen) atoms. The molecular weight excluding hydrogens is 246 g/mol. The van der Waals surface area contributed by atoms with E-state index in [2.05, 4.69) is 0 Å². The fourth-order valence-corrected chi connectivity index (χ4v) is 2.19. The summed E-state index contributed by atoms with van der Waals surface area (Å²) in [7, 11) is 0. The summed E-state index contributed by atoms with van der Waals surface area (Å²) in [5, 5.41) is 8.81. The third-order valence-electron chi connectivity index (χ3n) is 3.23. The highest BCUT2D eigenvalue weighted by Crippen LogP contribution is 2.19. The number of rotatable bonds is 3. The molecule has 1 atom stereocenters. The molecule has 2 rings (SSSR count). The van der Waals surface area contributed by atoms with Gasteiger partial charge in [-0.25, -0.2) is 4.79 Å². The maximum Gasteiger partial charge on any atom is 0.335 e. The van der Waals surface area contributed by atoms with E-state index < -0.39 is 5.97 Å². The lowest BCUT2D eigenvalue weighted by Gasteiger charge is -2.32. The van der Waals surface area contributed by atoms with Crippen molar-refractivity contribution in [3.8, 4) is 5.75 Å². The summed E-state index contributed by atoms with van der Waals surface area (Å²) in [5.41, 5.74) is 0.237. The van der Waals surface area contributed by atoms with E-state index in [1.807, 2.05) is 0 Å².